The Morgan fingerprint density at radius 3 is 3.11 bits per heavy atom. The zero-order valence-corrected chi connectivity index (χ0v) is 11.0. The highest BCUT2D eigenvalue weighted by Crippen LogP contribution is 2.27. The molecule has 1 saturated carbocycles. The third kappa shape index (κ3) is 2.33. The predicted octanol–water partition coefficient (Wildman–Crippen LogP) is 2.65. The first-order chi connectivity index (χ1) is 8.84. The molecule has 0 aromatic carbocycles. The number of anilines is 1. The van der Waals surface area contributed by atoms with Crippen molar-refractivity contribution < 1.29 is 5.11 Å². The second-order valence-electron chi connectivity index (χ2n) is 4.85. The Morgan fingerprint density at radius 2 is 2.22 bits per heavy atom. The summed E-state index contributed by atoms with van der Waals surface area (Å²) >= 11 is 1.62. The van der Waals surface area contributed by atoms with E-state index in [1.165, 1.54) is 6.42 Å². The lowest BCUT2D eigenvalue weighted by Crippen LogP contribution is -2.30. The molecule has 2 aromatic heterocycles. The number of rotatable bonds is 3. The Bertz CT molecular complexity index is 528. The molecule has 2 aromatic rings. The first-order valence-electron chi connectivity index (χ1n) is 6.45. The van der Waals surface area contributed by atoms with Gasteiger partial charge in [-0.3, -0.25) is 0 Å². The molecule has 0 spiro atoms. The van der Waals surface area contributed by atoms with Gasteiger partial charge < -0.3 is 10.4 Å². The zero-order chi connectivity index (χ0) is 12.4. The molecule has 5 heteroatoms. The molecule has 0 radical (unpaired) electrons. The van der Waals surface area contributed by atoms with Crippen LogP contribution in [-0.4, -0.2) is 27.7 Å². The minimum atomic E-state index is -0.161. The van der Waals surface area contributed by atoms with E-state index in [1.54, 1.807) is 17.7 Å². The summed E-state index contributed by atoms with van der Waals surface area (Å²) < 4.78 is 0. The number of aromatic nitrogens is 2. The number of thiophene rings is 1. The third-order valence-electron chi connectivity index (χ3n) is 3.66. The summed E-state index contributed by atoms with van der Waals surface area (Å²) in [6.45, 7) is 0.795. The van der Waals surface area contributed by atoms with Crippen molar-refractivity contribution in [3.63, 3.8) is 0 Å². The topological polar surface area (TPSA) is 58.0 Å². The van der Waals surface area contributed by atoms with Gasteiger partial charge in [0.15, 0.2) is 0 Å². The Labute approximate surface area is 110 Å². The fourth-order valence-corrected chi connectivity index (χ4v) is 3.32. The second-order valence-corrected chi connectivity index (χ2v) is 5.75. The number of hydrogen-bond donors (Lipinski definition) is 2. The largest absolute Gasteiger partial charge is 0.393 e. The van der Waals surface area contributed by atoms with Crippen LogP contribution in [0.5, 0.6) is 0 Å². The number of fused-ring (bicyclic) bond motifs is 1. The molecule has 3 rings (SSSR count). The molecule has 18 heavy (non-hydrogen) atoms. The van der Waals surface area contributed by atoms with Crippen LogP contribution in [0.3, 0.4) is 0 Å². The molecule has 0 unspecified atom stereocenters. The van der Waals surface area contributed by atoms with Crippen LogP contribution < -0.4 is 5.32 Å². The highest BCUT2D eigenvalue weighted by molar-refractivity contribution is 7.16. The second kappa shape index (κ2) is 5.20. The van der Waals surface area contributed by atoms with Gasteiger partial charge >= 0.3 is 0 Å². The molecule has 2 heterocycles. The van der Waals surface area contributed by atoms with Gasteiger partial charge in [0.1, 0.15) is 17.0 Å². The lowest BCUT2D eigenvalue weighted by atomic mass is 9.86. The first-order valence-corrected chi connectivity index (χ1v) is 7.32. The quantitative estimate of drug-likeness (QED) is 0.894. The van der Waals surface area contributed by atoms with Gasteiger partial charge in [0, 0.05) is 12.5 Å². The van der Waals surface area contributed by atoms with E-state index < -0.39 is 0 Å². The van der Waals surface area contributed by atoms with Gasteiger partial charge in [0.25, 0.3) is 0 Å². The molecule has 1 aliphatic rings. The van der Waals surface area contributed by atoms with Crippen LogP contribution in [0.2, 0.25) is 0 Å². The maximum absolute atomic E-state index is 9.95. The fourth-order valence-electron chi connectivity index (χ4n) is 2.58. The van der Waals surface area contributed by atoms with Gasteiger partial charge in [0.05, 0.1) is 11.5 Å². The Kier molecular flexibility index (Phi) is 3.43. The van der Waals surface area contributed by atoms with Crippen LogP contribution in [0.25, 0.3) is 10.2 Å². The van der Waals surface area contributed by atoms with Gasteiger partial charge in [-0.05, 0) is 24.3 Å². The molecular weight excluding hydrogens is 246 g/mol. The Morgan fingerprint density at radius 1 is 1.33 bits per heavy atom. The Balaban J connectivity index is 1.71. The standard InChI is InChI=1S/C13H17N3OS/c17-11-4-2-1-3-9(11)7-14-12-10-5-6-18-13(10)16-8-15-12/h5-6,8-9,11,17H,1-4,7H2,(H,14,15,16)/t9-,11-/m1/s1. The highest BCUT2D eigenvalue weighted by Gasteiger charge is 2.22. The van der Waals surface area contributed by atoms with E-state index in [0.29, 0.717) is 5.92 Å². The predicted molar refractivity (Wildman–Crippen MR) is 73.9 cm³/mol. The average Bonchev–Trinajstić information content (AvgIpc) is 2.86. The number of aliphatic hydroxyl groups is 1. The van der Waals surface area contributed by atoms with Gasteiger partial charge in [-0.25, -0.2) is 9.97 Å². The summed E-state index contributed by atoms with van der Waals surface area (Å²) in [6.07, 6.45) is 5.85. The molecule has 1 fully saturated rings. The summed E-state index contributed by atoms with van der Waals surface area (Å²) in [7, 11) is 0. The van der Waals surface area contributed by atoms with Crippen LogP contribution in [-0.2, 0) is 0 Å². The van der Waals surface area contributed by atoms with E-state index in [9.17, 15) is 5.11 Å². The molecule has 1 aliphatic carbocycles. The molecule has 0 aliphatic heterocycles. The summed E-state index contributed by atoms with van der Waals surface area (Å²) in [5.74, 6) is 1.24. The van der Waals surface area contributed by atoms with Gasteiger partial charge in [-0.2, -0.15) is 0 Å². The molecule has 0 bridgehead atoms. The van der Waals surface area contributed by atoms with Gasteiger partial charge in [0.2, 0.25) is 0 Å². The molecular formula is C13H17N3OS. The fraction of sp³-hybridized carbons (Fsp3) is 0.538. The van der Waals surface area contributed by atoms with E-state index in [4.69, 9.17) is 0 Å². The first kappa shape index (κ1) is 11.9. The third-order valence-corrected chi connectivity index (χ3v) is 4.48. The number of nitrogens with one attached hydrogen (secondary N) is 1. The van der Waals surface area contributed by atoms with Crippen molar-refractivity contribution in [1.82, 2.24) is 9.97 Å². The van der Waals surface area contributed by atoms with E-state index in [0.717, 1.165) is 41.8 Å². The summed E-state index contributed by atoms with van der Waals surface area (Å²) in [6, 6.07) is 2.04. The summed E-state index contributed by atoms with van der Waals surface area (Å²) in [5.41, 5.74) is 0. The number of nitrogens with zero attached hydrogens (tertiary/aromatic N) is 2. The number of hydrogen-bond acceptors (Lipinski definition) is 5. The van der Waals surface area contributed by atoms with Crippen LogP contribution in [0.15, 0.2) is 17.8 Å². The lowest BCUT2D eigenvalue weighted by Gasteiger charge is -2.27. The minimum Gasteiger partial charge on any atom is -0.393 e. The molecule has 2 atom stereocenters. The molecule has 2 N–H and O–H groups in total. The van der Waals surface area contributed by atoms with E-state index in [-0.39, 0.29) is 6.10 Å². The van der Waals surface area contributed by atoms with Crippen molar-refractivity contribution in [3.8, 4) is 0 Å². The average molecular weight is 263 g/mol. The highest BCUT2D eigenvalue weighted by atomic mass is 32.1. The maximum atomic E-state index is 9.95. The van der Waals surface area contributed by atoms with Crippen molar-refractivity contribution in [2.75, 3.05) is 11.9 Å². The molecule has 0 amide bonds. The van der Waals surface area contributed by atoms with E-state index in [2.05, 4.69) is 15.3 Å². The monoisotopic (exact) mass is 263 g/mol. The van der Waals surface area contributed by atoms with Crippen LogP contribution >= 0.6 is 11.3 Å². The van der Waals surface area contributed by atoms with Crippen LogP contribution in [0.4, 0.5) is 5.82 Å². The number of aliphatic hydroxyl groups excluding tert-OH is 1. The normalized spacial score (nSPS) is 24.3. The van der Waals surface area contributed by atoms with Crippen LogP contribution in [0, 0.1) is 5.92 Å². The van der Waals surface area contributed by atoms with Crippen molar-refractivity contribution in [1.29, 1.82) is 0 Å². The molecule has 0 saturated heterocycles. The van der Waals surface area contributed by atoms with Crippen molar-refractivity contribution in [2.24, 2.45) is 5.92 Å². The molecule has 96 valence electrons. The summed E-state index contributed by atoms with van der Waals surface area (Å²) in [4.78, 5) is 9.53. The van der Waals surface area contributed by atoms with Crippen molar-refractivity contribution in [3.05, 3.63) is 17.8 Å². The minimum absolute atomic E-state index is 0.161. The van der Waals surface area contributed by atoms with E-state index in [1.807, 2.05) is 11.4 Å². The smallest absolute Gasteiger partial charge is 0.138 e. The lowest BCUT2D eigenvalue weighted by molar-refractivity contribution is 0.0763. The van der Waals surface area contributed by atoms with Gasteiger partial charge in [-0.15, -0.1) is 11.3 Å². The Hall–Kier alpha value is -1.20. The van der Waals surface area contributed by atoms with Crippen LogP contribution in [0.1, 0.15) is 25.7 Å². The van der Waals surface area contributed by atoms with Crippen molar-refractivity contribution in [2.45, 2.75) is 31.8 Å². The van der Waals surface area contributed by atoms with E-state index >= 15 is 0 Å². The van der Waals surface area contributed by atoms with Crippen molar-refractivity contribution >= 4 is 27.4 Å². The SMILES string of the molecule is O[C@@H]1CCCC[C@@H]1CNc1ncnc2sccc12. The van der Waals surface area contributed by atoms with Gasteiger partial charge in [-0.1, -0.05) is 12.8 Å². The zero-order valence-electron chi connectivity index (χ0n) is 10.2. The maximum Gasteiger partial charge on any atom is 0.138 e. The molecule has 4 nitrogen and oxygen atoms in total. The summed E-state index contributed by atoms with van der Waals surface area (Å²) in [5, 5.41) is 16.4.